The molecule has 5 heteroatoms. The van der Waals surface area contributed by atoms with Crippen molar-refractivity contribution in [1.29, 1.82) is 0 Å². The molecular formula is C16H23ClN2OS. The van der Waals surface area contributed by atoms with Gasteiger partial charge in [0.15, 0.2) is 0 Å². The third-order valence-corrected chi connectivity index (χ3v) is 5.35. The van der Waals surface area contributed by atoms with Gasteiger partial charge in [0.1, 0.15) is 5.25 Å². The molecule has 1 amide bonds. The van der Waals surface area contributed by atoms with Crippen molar-refractivity contribution in [2.24, 2.45) is 0 Å². The Balaban J connectivity index is 0.00000161. The zero-order chi connectivity index (χ0) is 13.9. The number of benzene rings is 1. The highest BCUT2D eigenvalue weighted by atomic mass is 35.5. The maximum Gasteiger partial charge on any atom is 0.237 e. The average molecular weight is 327 g/mol. The van der Waals surface area contributed by atoms with Crippen LogP contribution >= 0.6 is 24.2 Å². The first-order chi connectivity index (χ1) is 9.76. The molecular weight excluding hydrogens is 304 g/mol. The summed E-state index contributed by atoms with van der Waals surface area (Å²) in [6, 6.07) is 11.6. The SMILES string of the molecule is CSC(C(=O)NC1CC2CCC(C1)N2)c1ccccc1.Cl. The van der Waals surface area contributed by atoms with Crippen LogP contribution in [0.4, 0.5) is 0 Å². The molecule has 0 radical (unpaired) electrons. The quantitative estimate of drug-likeness (QED) is 0.894. The van der Waals surface area contributed by atoms with E-state index in [1.54, 1.807) is 11.8 Å². The van der Waals surface area contributed by atoms with Crippen molar-refractivity contribution in [1.82, 2.24) is 10.6 Å². The Bertz CT molecular complexity index is 459. The van der Waals surface area contributed by atoms with E-state index in [1.165, 1.54) is 12.8 Å². The zero-order valence-corrected chi connectivity index (χ0v) is 13.9. The third-order valence-electron chi connectivity index (χ3n) is 4.40. The summed E-state index contributed by atoms with van der Waals surface area (Å²) in [6.07, 6.45) is 6.70. The van der Waals surface area contributed by atoms with Crippen molar-refractivity contribution in [3.8, 4) is 0 Å². The van der Waals surface area contributed by atoms with E-state index in [9.17, 15) is 4.79 Å². The number of piperidine rings is 1. The predicted octanol–water partition coefficient (Wildman–Crippen LogP) is 2.91. The number of carbonyl (C=O) groups excluding carboxylic acids is 1. The Labute approximate surface area is 137 Å². The summed E-state index contributed by atoms with van der Waals surface area (Å²) in [5, 5.41) is 6.79. The van der Waals surface area contributed by atoms with E-state index in [0.29, 0.717) is 18.1 Å². The van der Waals surface area contributed by atoms with Crippen LogP contribution in [-0.2, 0) is 4.79 Å². The molecule has 2 heterocycles. The van der Waals surface area contributed by atoms with Crippen molar-refractivity contribution in [2.75, 3.05) is 6.26 Å². The van der Waals surface area contributed by atoms with Crippen LogP contribution in [0.5, 0.6) is 0 Å². The second-order valence-electron chi connectivity index (χ2n) is 5.84. The third kappa shape index (κ3) is 3.93. The van der Waals surface area contributed by atoms with Gasteiger partial charge >= 0.3 is 0 Å². The first-order valence-electron chi connectivity index (χ1n) is 7.40. The van der Waals surface area contributed by atoms with Gasteiger partial charge in [0, 0.05) is 18.1 Å². The fourth-order valence-corrected chi connectivity index (χ4v) is 4.19. The molecule has 1 aromatic rings. The lowest BCUT2D eigenvalue weighted by Gasteiger charge is -2.30. The van der Waals surface area contributed by atoms with Gasteiger partial charge in [-0.25, -0.2) is 0 Å². The van der Waals surface area contributed by atoms with Crippen molar-refractivity contribution in [2.45, 2.75) is 49.1 Å². The molecule has 0 spiro atoms. The van der Waals surface area contributed by atoms with E-state index < -0.39 is 0 Å². The molecule has 3 rings (SSSR count). The van der Waals surface area contributed by atoms with Gasteiger partial charge in [0.25, 0.3) is 0 Å². The summed E-state index contributed by atoms with van der Waals surface area (Å²) in [7, 11) is 0. The van der Waals surface area contributed by atoms with Crippen LogP contribution in [0.15, 0.2) is 30.3 Å². The minimum absolute atomic E-state index is 0. The van der Waals surface area contributed by atoms with E-state index >= 15 is 0 Å². The molecule has 1 aromatic carbocycles. The van der Waals surface area contributed by atoms with E-state index in [1.807, 2.05) is 36.6 Å². The summed E-state index contributed by atoms with van der Waals surface area (Å²) >= 11 is 1.61. The molecule has 2 saturated heterocycles. The zero-order valence-electron chi connectivity index (χ0n) is 12.2. The number of halogens is 1. The number of nitrogens with one attached hydrogen (secondary N) is 2. The highest BCUT2D eigenvalue weighted by Crippen LogP contribution is 2.30. The topological polar surface area (TPSA) is 41.1 Å². The molecule has 2 bridgehead atoms. The Morgan fingerprint density at radius 2 is 1.86 bits per heavy atom. The number of rotatable bonds is 4. The van der Waals surface area contributed by atoms with Gasteiger partial charge in [-0.1, -0.05) is 30.3 Å². The molecule has 3 unspecified atom stereocenters. The largest absolute Gasteiger partial charge is 0.352 e. The van der Waals surface area contributed by atoms with Crippen molar-refractivity contribution < 1.29 is 4.79 Å². The van der Waals surface area contributed by atoms with Crippen LogP contribution in [-0.4, -0.2) is 30.3 Å². The fourth-order valence-electron chi connectivity index (χ4n) is 3.47. The minimum Gasteiger partial charge on any atom is -0.352 e. The number of carbonyl (C=O) groups is 1. The van der Waals surface area contributed by atoms with Crippen molar-refractivity contribution in [3.05, 3.63) is 35.9 Å². The molecule has 3 atom stereocenters. The summed E-state index contributed by atoms with van der Waals surface area (Å²) in [5.74, 6) is 0.162. The van der Waals surface area contributed by atoms with Crippen molar-refractivity contribution in [3.63, 3.8) is 0 Å². The molecule has 2 aliphatic rings. The van der Waals surface area contributed by atoms with Gasteiger partial charge in [-0.3, -0.25) is 4.79 Å². The lowest BCUT2D eigenvalue weighted by molar-refractivity contribution is -0.121. The van der Waals surface area contributed by atoms with Crippen LogP contribution in [0.25, 0.3) is 0 Å². The van der Waals surface area contributed by atoms with E-state index in [4.69, 9.17) is 0 Å². The predicted molar refractivity (Wildman–Crippen MR) is 91.1 cm³/mol. The molecule has 0 aromatic heterocycles. The first-order valence-corrected chi connectivity index (χ1v) is 8.69. The Kier molecular flexibility index (Phi) is 5.97. The van der Waals surface area contributed by atoms with E-state index in [-0.39, 0.29) is 23.6 Å². The monoisotopic (exact) mass is 326 g/mol. The highest BCUT2D eigenvalue weighted by Gasteiger charge is 2.34. The minimum atomic E-state index is -0.0938. The summed E-state index contributed by atoms with van der Waals surface area (Å²) < 4.78 is 0. The van der Waals surface area contributed by atoms with Crippen molar-refractivity contribution >= 4 is 30.1 Å². The van der Waals surface area contributed by atoms with E-state index in [2.05, 4.69) is 10.6 Å². The number of amides is 1. The van der Waals surface area contributed by atoms with E-state index in [0.717, 1.165) is 18.4 Å². The molecule has 2 aliphatic heterocycles. The van der Waals surface area contributed by atoms with Crippen LogP contribution in [0.1, 0.15) is 36.5 Å². The van der Waals surface area contributed by atoms with Crippen LogP contribution in [0, 0.1) is 0 Å². The molecule has 116 valence electrons. The lowest BCUT2D eigenvalue weighted by atomic mass is 9.99. The smallest absolute Gasteiger partial charge is 0.237 e. The molecule has 3 nitrogen and oxygen atoms in total. The van der Waals surface area contributed by atoms with Crippen LogP contribution in [0.3, 0.4) is 0 Å². The van der Waals surface area contributed by atoms with Crippen LogP contribution < -0.4 is 10.6 Å². The standard InChI is InChI=1S/C16H22N2OS.ClH/c1-20-15(11-5-3-2-4-6-11)16(19)18-14-9-12-7-8-13(10-14)17-12;/h2-6,12-15,17H,7-10H2,1H3,(H,18,19);1H. The van der Waals surface area contributed by atoms with Gasteiger partial charge in [-0.05, 0) is 37.5 Å². The second-order valence-corrected chi connectivity index (χ2v) is 6.78. The molecule has 0 saturated carbocycles. The molecule has 0 aliphatic carbocycles. The normalized spacial score (nSPS) is 28.5. The molecule has 2 fully saturated rings. The first kappa shape index (κ1) is 16.7. The fraction of sp³-hybridized carbons (Fsp3) is 0.562. The number of hydrogen-bond acceptors (Lipinski definition) is 3. The molecule has 2 N–H and O–H groups in total. The number of thioether (sulfide) groups is 1. The maximum atomic E-state index is 12.5. The number of hydrogen-bond donors (Lipinski definition) is 2. The highest BCUT2D eigenvalue weighted by molar-refractivity contribution is 7.99. The van der Waals surface area contributed by atoms with Gasteiger partial charge in [-0.2, -0.15) is 0 Å². The van der Waals surface area contributed by atoms with Gasteiger partial charge < -0.3 is 10.6 Å². The van der Waals surface area contributed by atoms with Gasteiger partial charge in [0.2, 0.25) is 5.91 Å². The van der Waals surface area contributed by atoms with Crippen LogP contribution in [0.2, 0.25) is 0 Å². The second kappa shape index (κ2) is 7.52. The number of fused-ring (bicyclic) bond motifs is 2. The Morgan fingerprint density at radius 3 is 2.43 bits per heavy atom. The Morgan fingerprint density at radius 1 is 1.24 bits per heavy atom. The average Bonchev–Trinajstić information content (AvgIpc) is 2.80. The Hall–Kier alpha value is -0.710. The summed E-state index contributed by atoms with van der Waals surface area (Å²) in [6.45, 7) is 0. The summed E-state index contributed by atoms with van der Waals surface area (Å²) in [5.41, 5.74) is 1.09. The summed E-state index contributed by atoms with van der Waals surface area (Å²) in [4.78, 5) is 12.5. The van der Waals surface area contributed by atoms with Gasteiger partial charge in [-0.15, -0.1) is 24.2 Å². The maximum absolute atomic E-state index is 12.5. The van der Waals surface area contributed by atoms with Gasteiger partial charge in [0.05, 0.1) is 0 Å². The lowest BCUT2D eigenvalue weighted by Crippen LogP contribution is -2.48. The molecule has 21 heavy (non-hydrogen) atoms.